The van der Waals surface area contributed by atoms with E-state index in [2.05, 4.69) is 37.8 Å². The Hall–Kier alpha value is -3.55. The molecule has 4 rings (SSSR count). The second-order valence-corrected chi connectivity index (χ2v) is 7.63. The molecule has 1 saturated carbocycles. The minimum absolute atomic E-state index is 0.226. The summed E-state index contributed by atoms with van der Waals surface area (Å²) in [4.78, 5) is 18.6. The Morgan fingerprint density at radius 3 is 2.68 bits per heavy atom. The molecule has 0 saturated heterocycles. The van der Waals surface area contributed by atoms with Gasteiger partial charge < -0.3 is 24.8 Å². The summed E-state index contributed by atoms with van der Waals surface area (Å²) in [6.07, 6.45) is 3.09. The molecule has 1 aromatic heterocycles. The standard InChI is InChI=1S/C23H27N5O3/c1-28(19-6-3-2-4-7-19)15-5-14-24-23(29)25-18-10-12-20(13-11-18)30-16-21-26-22(31-27-21)17-8-9-17/h2-4,6-7,10-13,17H,5,8-9,14-16H2,1H3,(H2,24,25,29). The van der Waals surface area contributed by atoms with Crippen molar-refractivity contribution >= 4 is 17.4 Å². The fraction of sp³-hybridized carbons (Fsp3) is 0.348. The largest absolute Gasteiger partial charge is 0.485 e. The lowest BCUT2D eigenvalue weighted by molar-refractivity contribution is 0.252. The van der Waals surface area contributed by atoms with E-state index in [1.54, 1.807) is 24.3 Å². The van der Waals surface area contributed by atoms with Gasteiger partial charge in [0.25, 0.3) is 0 Å². The third-order valence-electron chi connectivity index (χ3n) is 5.04. The summed E-state index contributed by atoms with van der Waals surface area (Å²) < 4.78 is 10.9. The summed E-state index contributed by atoms with van der Waals surface area (Å²) in [7, 11) is 2.05. The van der Waals surface area contributed by atoms with Crippen LogP contribution in [0, 0.1) is 0 Å². The molecule has 0 aliphatic heterocycles. The van der Waals surface area contributed by atoms with Crippen LogP contribution in [0.15, 0.2) is 59.1 Å². The summed E-state index contributed by atoms with van der Waals surface area (Å²) in [6.45, 7) is 1.71. The number of nitrogens with one attached hydrogen (secondary N) is 2. The Morgan fingerprint density at radius 1 is 1.16 bits per heavy atom. The van der Waals surface area contributed by atoms with Gasteiger partial charge in [-0.05, 0) is 55.7 Å². The maximum atomic E-state index is 12.1. The number of amides is 2. The van der Waals surface area contributed by atoms with Gasteiger partial charge in [0.1, 0.15) is 5.75 Å². The number of benzene rings is 2. The molecule has 0 bridgehead atoms. The van der Waals surface area contributed by atoms with Crippen molar-refractivity contribution in [3.05, 3.63) is 66.3 Å². The molecule has 3 aromatic rings. The number of hydrogen-bond donors (Lipinski definition) is 2. The van der Waals surface area contributed by atoms with Crippen LogP contribution in [-0.2, 0) is 6.61 Å². The molecule has 1 heterocycles. The fourth-order valence-electron chi connectivity index (χ4n) is 3.11. The predicted octanol–water partition coefficient (Wildman–Crippen LogP) is 4.17. The first-order valence-electron chi connectivity index (χ1n) is 10.5. The van der Waals surface area contributed by atoms with Gasteiger partial charge in [0.05, 0.1) is 0 Å². The number of carbonyl (C=O) groups excluding carboxylic acids is 1. The van der Waals surface area contributed by atoms with E-state index in [0.29, 0.717) is 35.6 Å². The van der Waals surface area contributed by atoms with Crippen LogP contribution < -0.4 is 20.3 Å². The molecule has 8 nitrogen and oxygen atoms in total. The highest BCUT2D eigenvalue weighted by atomic mass is 16.5. The smallest absolute Gasteiger partial charge is 0.319 e. The Labute approximate surface area is 181 Å². The zero-order chi connectivity index (χ0) is 21.5. The van der Waals surface area contributed by atoms with E-state index in [9.17, 15) is 4.79 Å². The van der Waals surface area contributed by atoms with Gasteiger partial charge in [0.2, 0.25) is 11.7 Å². The number of hydrogen-bond acceptors (Lipinski definition) is 6. The topological polar surface area (TPSA) is 92.5 Å². The van der Waals surface area contributed by atoms with Gasteiger partial charge in [-0.2, -0.15) is 4.98 Å². The van der Waals surface area contributed by atoms with Crippen molar-refractivity contribution in [2.45, 2.75) is 31.8 Å². The fourth-order valence-corrected chi connectivity index (χ4v) is 3.11. The molecule has 1 aliphatic rings. The van der Waals surface area contributed by atoms with Crippen molar-refractivity contribution < 1.29 is 14.1 Å². The molecule has 2 aromatic carbocycles. The molecule has 0 atom stereocenters. The van der Waals surface area contributed by atoms with Gasteiger partial charge in [-0.3, -0.25) is 0 Å². The highest BCUT2D eigenvalue weighted by molar-refractivity contribution is 5.89. The van der Waals surface area contributed by atoms with E-state index in [4.69, 9.17) is 9.26 Å². The van der Waals surface area contributed by atoms with Gasteiger partial charge in [0, 0.05) is 37.4 Å². The average Bonchev–Trinajstić information content (AvgIpc) is 3.54. The van der Waals surface area contributed by atoms with Crippen LogP contribution in [0.4, 0.5) is 16.2 Å². The van der Waals surface area contributed by atoms with E-state index < -0.39 is 0 Å². The molecule has 8 heteroatoms. The van der Waals surface area contributed by atoms with Crippen LogP contribution in [-0.4, -0.2) is 36.3 Å². The quantitative estimate of drug-likeness (QED) is 0.477. The molecular weight excluding hydrogens is 394 g/mol. The maximum Gasteiger partial charge on any atom is 0.319 e. The minimum Gasteiger partial charge on any atom is -0.485 e. The predicted molar refractivity (Wildman–Crippen MR) is 118 cm³/mol. The second-order valence-electron chi connectivity index (χ2n) is 7.63. The van der Waals surface area contributed by atoms with Crippen LogP contribution in [0.2, 0.25) is 0 Å². The van der Waals surface area contributed by atoms with E-state index in [1.807, 2.05) is 25.2 Å². The van der Waals surface area contributed by atoms with E-state index in [-0.39, 0.29) is 12.6 Å². The lowest BCUT2D eigenvalue weighted by Gasteiger charge is -2.19. The molecule has 162 valence electrons. The number of ether oxygens (including phenoxy) is 1. The maximum absolute atomic E-state index is 12.1. The summed E-state index contributed by atoms with van der Waals surface area (Å²) in [5, 5.41) is 9.64. The Bertz CT molecular complexity index is 970. The minimum atomic E-state index is -0.226. The molecule has 1 fully saturated rings. The third kappa shape index (κ3) is 6.21. The Morgan fingerprint density at radius 2 is 1.94 bits per heavy atom. The lowest BCUT2D eigenvalue weighted by Crippen LogP contribution is -2.31. The number of aromatic nitrogens is 2. The zero-order valence-corrected chi connectivity index (χ0v) is 17.6. The number of urea groups is 1. The number of anilines is 2. The SMILES string of the molecule is CN(CCCNC(=O)Nc1ccc(OCc2noc(C3CC3)n2)cc1)c1ccccc1. The number of carbonyl (C=O) groups is 1. The van der Waals surface area contributed by atoms with Gasteiger partial charge in [-0.25, -0.2) is 4.79 Å². The zero-order valence-electron chi connectivity index (χ0n) is 17.6. The molecule has 1 aliphatic carbocycles. The van der Waals surface area contributed by atoms with E-state index in [1.165, 1.54) is 0 Å². The molecule has 31 heavy (non-hydrogen) atoms. The summed E-state index contributed by atoms with van der Waals surface area (Å²) >= 11 is 0. The summed E-state index contributed by atoms with van der Waals surface area (Å²) in [5.74, 6) is 2.35. The molecule has 0 spiro atoms. The Kier molecular flexibility index (Phi) is 6.66. The van der Waals surface area contributed by atoms with Crippen LogP contribution >= 0.6 is 0 Å². The van der Waals surface area contributed by atoms with E-state index >= 15 is 0 Å². The number of nitrogens with zero attached hydrogens (tertiary/aromatic N) is 3. The van der Waals surface area contributed by atoms with Crippen molar-refractivity contribution in [2.24, 2.45) is 0 Å². The summed E-state index contributed by atoms with van der Waals surface area (Å²) in [6, 6.07) is 17.1. The monoisotopic (exact) mass is 421 g/mol. The Balaban J connectivity index is 1.14. The van der Waals surface area contributed by atoms with Crippen LogP contribution in [0.3, 0.4) is 0 Å². The third-order valence-corrected chi connectivity index (χ3v) is 5.04. The molecule has 2 N–H and O–H groups in total. The number of rotatable bonds is 10. The van der Waals surface area contributed by atoms with Gasteiger partial charge in [-0.1, -0.05) is 23.4 Å². The van der Waals surface area contributed by atoms with Crippen molar-refractivity contribution in [2.75, 3.05) is 30.4 Å². The highest BCUT2D eigenvalue weighted by Crippen LogP contribution is 2.38. The van der Waals surface area contributed by atoms with Crippen molar-refractivity contribution in [3.63, 3.8) is 0 Å². The van der Waals surface area contributed by atoms with Crippen LogP contribution in [0.25, 0.3) is 0 Å². The lowest BCUT2D eigenvalue weighted by atomic mass is 10.3. The normalized spacial score (nSPS) is 12.9. The first-order chi connectivity index (χ1) is 15.2. The van der Waals surface area contributed by atoms with Crippen molar-refractivity contribution in [1.82, 2.24) is 15.5 Å². The van der Waals surface area contributed by atoms with Crippen LogP contribution in [0.1, 0.15) is 36.9 Å². The van der Waals surface area contributed by atoms with Crippen LogP contribution in [0.5, 0.6) is 5.75 Å². The molecule has 0 unspecified atom stereocenters. The van der Waals surface area contributed by atoms with Gasteiger partial charge >= 0.3 is 6.03 Å². The molecule has 2 amide bonds. The van der Waals surface area contributed by atoms with Gasteiger partial charge in [-0.15, -0.1) is 0 Å². The first-order valence-corrected chi connectivity index (χ1v) is 10.5. The number of para-hydroxylation sites is 1. The van der Waals surface area contributed by atoms with Crippen molar-refractivity contribution in [3.8, 4) is 5.75 Å². The van der Waals surface area contributed by atoms with E-state index in [0.717, 1.165) is 31.5 Å². The molecular formula is C23H27N5O3. The highest BCUT2D eigenvalue weighted by Gasteiger charge is 2.29. The summed E-state index contributed by atoms with van der Waals surface area (Å²) in [5.41, 5.74) is 1.86. The average molecular weight is 422 g/mol. The van der Waals surface area contributed by atoms with Crippen molar-refractivity contribution in [1.29, 1.82) is 0 Å². The molecule has 0 radical (unpaired) electrons. The van der Waals surface area contributed by atoms with Gasteiger partial charge in [0.15, 0.2) is 6.61 Å². The first kappa shape index (κ1) is 20.7. The second kappa shape index (κ2) is 9.97.